The molecular formula is C16H12N2O4S. The molecule has 3 aromatic rings. The highest BCUT2D eigenvalue weighted by molar-refractivity contribution is 7.20. The van der Waals surface area contributed by atoms with Gasteiger partial charge < -0.3 is 10.1 Å². The summed E-state index contributed by atoms with van der Waals surface area (Å²) in [5.74, 6) is -1.03. The zero-order valence-electron chi connectivity index (χ0n) is 12.1. The van der Waals surface area contributed by atoms with Gasteiger partial charge in [-0.3, -0.25) is 9.59 Å². The van der Waals surface area contributed by atoms with Crippen molar-refractivity contribution in [2.45, 2.75) is 13.3 Å². The lowest BCUT2D eigenvalue weighted by atomic mass is 10.1. The van der Waals surface area contributed by atoms with Crippen molar-refractivity contribution in [3.05, 3.63) is 62.5 Å². The third kappa shape index (κ3) is 2.78. The van der Waals surface area contributed by atoms with Crippen LogP contribution in [0.15, 0.2) is 35.1 Å². The number of aryl methyl sites for hydroxylation is 1. The Morgan fingerprint density at radius 1 is 1.26 bits per heavy atom. The second kappa shape index (κ2) is 5.77. The van der Waals surface area contributed by atoms with E-state index in [-0.39, 0.29) is 28.3 Å². The van der Waals surface area contributed by atoms with Gasteiger partial charge >= 0.3 is 5.97 Å². The summed E-state index contributed by atoms with van der Waals surface area (Å²) < 4.78 is 0. The fourth-order valence-electron chi connectivity index (χ4n) is 2.35. The maximum atomic E-state index is 12.2. The molecule has 0 saturated carbocycles. The number of aromatic amines is 1. The van der Waals surface area contributed by atoms with Crippen LogP contribution in [0.5, 0.6) is 0 Å². The van der Waals surface area contributed by atoms with E-state index in [1.54, 1.807) is 31.2 Å². The molecule has 116 valence electrons. The Bertz CT molecular complexity index is 973. The average molecular weight is 328 g/mol. The van der Waals surface area contributed by atoms with Gasteiger partial charge in [0.05, 0.1) is 11.8 Å². The van der Waals surface area contributed by atoms with E-state index in [1.165, 1.54) is 0 Å². The number of Topliss-reactive ketones (excluding diaryl/α,β-unsaturated/α-hetero) is 1. The first-order valence-electron chi connectivity index (χ1n) is 6.81. The average Bonchev–Trinajstić information content (AvgIpc) is 2.85. The van der Waals surface area contributed by atoms with Gasteiger partial charge in [-0.15, -0.1) is 11.3 Å². The number of benzene rings is 1. The molecule has 6 nitrogen and oxygen atoms in total. The van der Waals surface area contributed by atoms with Crippen LogP contribution in [0, 0.1) is 6.92 Å². The van der Waals surface area contributed by atoms with Crippen LogP contribution in [0.1, 0.15) is 31.4 Å². The normalized spacial score (nSPS) is 10.8. The molecule has 0 aliphatic carbocycles. The number of thiophene rings is 1. The molecule has 0 bridgehead atoms. The number of aromatic nitrogens is 2. The Balaban J connectivity index is 2.02. The second-order valence-electron chi connectivity index (χ2n) is 5.02. The van der Waals surface area contributed by atoms with Gasteiger partial charge in [0, 0.05) is 5.56 Å². The molecule has 0 unspecified atom stereocenters. The molecule has 0 spiro atoms. The number of hydrogen-bond donors (Lipinski definition) is 2. The molecule has 0 aliphatic heterocycles. The number of carbonyl (C=O) groups excluding carboxylic acids is 1. The van der Waals surface area contributed by atoms with E-state index in [1.807, 2.05) is 6.07 Å². The highest BCUT2D eigenvalue weighted by Gasteiger charge is 2.19. The fourth-order valence-corrected chi connectivity index (χ4v) is 3.39. The van der Waals surface area contributed by atoms with Crippen molar-refractivity contribution in [1.29, 1.82) is 0 Å². The number of nitrogens with one attached hydrogen (secondary N) is 1. The molecule has 0 aliphatic rings. The van der Waals surface area contributed by atoms with Gasteiger partial charge in [0.2, 0.25) is 0 Å². The third-order valence-electron chi connectivity index (χ3n) is 3.47. The molecule has 3 rings (SSSR count). The van der Waals surface area contributed by atoms with Gasteiger partial charge in [-0.1, -0.05) is 30.3 Å². The van der Waals surface area contributed by atoms with Crippen molar-refractivity contribution >= 4 is 33.3 Å². The smallest absolute Gasteiger partial charge is 0.346 e. The van der Waals surface area contributed by atoms with E-state index in [9.17, 15) is 14.4 Å². The minimum absolute atomic E-state index is 0.0471. The summed E-state index contributed by atoms with van der Waals surface area (Å²) in [5, 5.41) is 9.40. The lowest BCUT2D eigenvalue weighted by molar-refractivity contribution is 0.0701. The van der Waals surface area contributed by atoms with Crippen LogP contribution in [-0.2, 0) is 6.42 Å². The van der Waals surface area contributed by atoms with E-state index < -0.39 is 11.5 Å². The Kier molecular flexibility index (Phi) is 3.79. The number of nitrogens with zero attached hydrogens (tertiary/aromatic N) is 1. The molecule has 0 atom stereocenters. The summed E-state index contributed by atoms with van der Waals surface area (Å²) in [6.07, 6.45) is -0.0471. The summed E-state index contributed by atoms with van der Waals surface area (Å²) in [7, 11) is 0. The van der Waals surface area contributed by atoms with Crippen LogP contribution >= 0.6 is 11.3 Å². The van der Waals surface area contributed by atoms with Crippen molar-refractivity contribution in [2.75, 3.05) is 0 Å². The van der Waals surface area contributed by atoms with Crippen molar-refractivity contribution in [1.82, 2.24) is 9.97 Å². The first-order valence-corrected chi connectivity index (χ1v) is 7.63. The maximum Gasteiger partial charge on any atom is 0.346 e. The molecule has 2 aromatic heterocycles. The Hall–Kier alpha value is -2.80. The molecular weight excluding hydrogens is 316 g/mol. The number of ketones is 1. The van der Waals surface area contributed by atoms with Gasteiger partial charge in [-0.05, 0) is 12.5 Å². The number of carboxylic acid groups (broad SMARTS) is 1. The number of aromatic carboxylic acids is 1. The monoisotopic (exact) mass is 328 g/mol. The van der Waals surface area contributed by atoms with Crippen molar-refractivity contribution in [2.24, 2.45) is 0 Å². The first-order chi connectivity index (χ1) is 11.0. The van der Waals surface area contributed by atoms with Crippen LogP contribution in [0.25, 0.3) is 10.2 Å². The highest BCUT2D eigenvalue weighted by Crippen LogP contribution is 2.26. The lowest BCUT2D eigenvalue weighted by Gasteiger charge is -2.01. The van der Waals surface area contributed by atoms with E-state index in [0.29, 0.717) is 16.0 Å². The maximum absolute atomic E-state index is 12.2. The van der Waals surface area contributed by atoms with Gasteiger partial charge in [-0.25, -0.2) is 9.78 Å². The summed E-state index contributed by atoms with van der Waals surface area (Å²) in [6.45, 7) is 1.58. The number of hydrogen-bond acceptors (Lipinski definition) is 5. The zero-order valence-corrected chi connectivity index (χ0v) is 12.9. The topological polar surface area (TPSA) is 100 Å². The van der Waals surface area contributed by atoms with Crippen molar-refractivity contribution < 1.29 is 14.7 Å². The summed E-state index contributed by atoms with van der Waals surface area (Å²) in [4.78, 5) is 42.8. The molecule has 0 amide bonds. The predicted octanol–water partition coefficient (Wildman–Crippen LogP) is 2.42. The highest BCUT2D eigenvalue weighted by atomic mass is 32.1. The number of carbonyl (C=O) groups is 2. The fraction of sp³-hybridized carbons (Fsp3) is 0.125. The molecule has 0 fully saturated rings. The van der Waals surface area contributed by atoms with E-state index in [4.69, 9.17) is 5.11 Å². The molecule has 0 radical (unpaired) electrons. The zero-order chi connectivity index (χ0) is 16.6. The van der Waals surface area contributed by atoms with Crippen LogP contribution < -0.4 is 5.56 Å². The number of fused-ring (bicyclic) bond motifs is 1. The van der Waals surface area contributed by atoms with Gasteiger partial charge in [0.25, 0.3) is 5.56 Å². The quantitative estimate of drug-likeness (QED) is 0.716. The van der Waals surface area contributed by atoms with Gasteiger partial charge in [0.15, 0.2) is 5.78 Å². The van der Waals surface area contributed by atoms with Crippen molar-refractivity contribution in [3.63, 3.8) is 0 Å². The third-order valence-corrected chi connectivity index (χ3v) is 4.64. The van der Waals surface area contributed by atoms with E-state index >= 15 is 0 Å². The van der Waals surface area contributed by atoms with E-state index in [0.717, 1.165) is 11.3 Å². The number of rotatable bonds is 4. The minimum atomic E-state index is -1.09. The molecule has 7 heteroatoms. The van der Waals surface area contributed by atoms with Gasteiger partial charge in [0.1, 0.15) is 15.5 Å². The Morgan fingerprint density at radius 2 is 1.96 bits per heavy atom. The van der Waals surface area contributed by atoms with Crippen LogP contribution in [0.3, 0.4) is 0 Å². The predicted molar refractivity (Wildman–Crippen MR) is 86.4 cm³/mol. The van der Waals surface area contributed by atoms with Crippen LogP contribution in [0.2, 0.25) is 0 Å². The van der Waals surface area contributed by atoms with Gasteiger partial charge in [-0.2, -0.15) is 0 Å². The minimum Gasteiger partial charge on any atom is -0.477 e. The second-order valence-corrected chi connectivity index (χ2v) is 6.02. The SMILES string of the molecule is Cc1c(C(=O)O)sc2nc(CC(=O)c3ccccc3)[nH]c(=O)c12. The first kappa shape index (κ1) is 15.1. The molecule has 23 heavy (non-hydrogen) atoms. The van der Waals surface area contributed by atoms with E-state index in [2.05, 4.69) is 9.97 Å². The molecule has 1 aromatic carbocycles. The summed E-state index contributed by atoms with van der Waals surface area (Å²) >= 11 is 0.941. The summed E-state index contributed by atoms with van der Waals surface area (Å²) in [5.41, 5.74) is 0.503. The Morgan fingerprint density at radius 3 is 2.61 bits per heavy atom. The molecule has 2 heterocycles. The molecule has 0 saturated heterocycles. The molecule has 2 N–H and O–H groups in total. The largest absolute Gasteiger partial charge is 0.477 e. The standard InChI is InChI=1S/C16H12N2O4S/c1-8-12-14(20)17-11(18-15(12)23-13(8)16(21)22)7-10(19)9-5-3-2-4-6-9/h2-6H,7H2,1H3,(H,21,22)(H,17,18,20). The Labute approximate surface area is 134 Å². The summed E-state index contributed by atoms with van der Waals surface area (Å²) in [6, 6.07) is 8.71. The van der Waals surface area contributed by atoms with Crippen molar-refractivity contribution in [3.8, 4) is 0 Å². The van der Waals surface area contributed by atoms with Crippen LogP contribution in [-0.4, -0.2) is 26.8 Å². The van der Waals surface area contributed by atoms with Crippen LogP contribution in [0.4, 0.5) is 0 Å². The number of carboxylic acids is 1. The number of H-pyrrole nitrogens is 1. The lowest BCUT2D eigenvalue weighted by Crippen LogP contribution is -2.15.